The molecule has 0 radical (unpaired) electrons. The van der Waals surface area contributed by atoms with Gasteiger partial charge in [-0.2, -0.15) is 0 Å². The first-order chi connectivity index (χ1) is 7.09. The first-order valence-electron chi connectivity index (χ1n) is 5.17. The van der Waals surface area contributed by atoms with Crippen molar-refractivity contribution in [1.29, 1.82) is 0 Å². The summed E-state index contributed by atoms with van der Waals surface area (Å²) in [6.07, 6.45) is 0.654. The molecule has 1 rings (SSSR count). The SMILES string of the molecule is CC(=O)N(C)CC#CCN1CC[C@@H](O)C1. The zero-order valence-corrected chi connectivity index (χ0v) is 9.36. The molecule has 4 nitrogen and oxygen atoms in total. The highest BCUT2D eigenvalue weighted by Gasteiger charge is 2.18. The maximum Gasteiger partial charge on any atom is 0.219 e. The van der Waals surface area contributed by atoms with Crippen molar-refractivity contribution in [2.24, 2.45) is 0 Å². The van der Waals surface area contributed by atoms with Crippen LogP contribution in [0.5, 0.6) is 0 Å². The maximum absolute atomic E-state index is 10.9. The molecule has 0 aromatic rings. The summed E-state index contributed by atoms with van der Waals surface area (Å²) in [5.74, 6) is 5.97. The number of amides is 1. The molecular formula is C11H18N2O2. The van der Waals surface area contributed by atoms with Gasteiger partial charge in [0.05, 0.1) is 19.2 Å². The monoisotopic (exact) mass is 210 g/mol. The van der Waals surface area contributed by atoms with Crippen LogP contribution >= 0.6 is 0 Å². The lowest BCUT2D eigenvalue weighted by molar-refractivity contribution is -0.126. The van der Waals surface area contributed by atoms with Crippen LogP contribution in [0.15, 0.2) is 0 Å². The van der Waals surface area contributed by atoms with Gasteiger partial charge in [0.25, 0.3) is 0 Å². The van der Waals surface area contributed by atoms with Crippen LogP contribution in [0.2, 0.25) is 0 Å². The van der Waals surface area contributed by atoms with Crippen molar-refractivity contribution in [2.75, 3.05) is 33.2 Å². The summed E-state index contributed by atoms with van der Waals surface area (Å²) in [5.41, 5.74) is 0. The molecule has 1 fully saturated rings. The average Bonchev–Trinajstić information content (AvgIpc) is 2.58. The number of aliphatic hydroxyl groups excluding tert-OH is 1. The molecule has 1 saturated heterocycles. The molecule has 0 unspecified atom stereocenters. The van der Waals surface area contributed by atoms with Gasteiger partial charge in [0.15, 0.2) is 0 Å². The molecule has 84 valence electrons. The lowest BCUT2D eigenvalue weighted by Crippen LogP contribution is -2.25. The summed E-state index contributed by atoms with van der Waals surface area (Å²) in [4.78, 5) is 14.5. The van der Waals surface area contributed by atoms with E-state index in [9.17, 15) is 9.90 Å². The van der Waals surface area contributed by atoms with Crippen molar-refractivity contribution in [2.45, 2.75) is 19.4 Å². The van der Waals surface area contributed by atoms with Crippen molar-refractivity contribution in [3.05, 3.63) is 0 Å². The fraction of sp³-hybridized carbons (Fsp3) is 0.727. The number of carbonyl (C=O) groups is 1. The van der Waals surface area contributed by atoms with Crippen molar-refractivity contribution < 1.29 is 9.90 Å². The lowest BCUT2D eigenvalue weighted by Gasteiger charge is -2.11. The molecule has 0 saturated carbocycles. The number of β-amino-alcohol motifs (C(OH)–C–C–N with tert-alkyl or cyclic N) is 1. The number of likely N-dealkylation sites (tertiary alicyclic amines) is 1. The highest BCUT2D eigenvalue weighted by atomic mass is 16.3. The third kappa shape index (κ3) is 4.32. The molecule has 15 heavy (non-hydrogen) atoms. The van der Waals surface area contributed by atoms with Crippen molar-refractivity contribution >= 4 is 5.91 Å². The van der Waals surface area contributed by atoms with Crippen LogP contribution in [-0.4, -0.2) is 60.1 Å². The van der Waals surface area contributed by atoms with Gasteiger partial charge < -0.3 is 10.0 Å². The molecule has 1 heterocycles. The van der Waals surface area contributed by atoms with E-state index in [0.29, 0.717) is 13.1 Å². The van der Waals surface area contributed by atoms with Gasteiger partial charge in [-0.05, 0) is 6.42 Å². The Morgan fingerprint density at radius 2 is 2.33 bits per heavy atom. The van der Waals surface area contributed by atoms with Gasteiger partial charge in [-0.15, -0.1) is 0 Å². The van der Waals surface area contributed by atoms with E-state index in [2.05, 4.69) is 16.7 Å². The zero-order valence-electron chi connectivity index (χ0n) is 9.36. The Morgan fingerprint density at radius 1 is 1.60 bits per heavy atom. The van der Waals surface area contributed by atoms with E-state index >= 15 is 0 Å². The van der Waals surface area contributed by atoms with Crippen LogP contribution in [0.1, 0.15) is 13.3 Å². The molecule has 4 heteroatoms. The summed E-state index contributed by atoms with van der Waals surface area (Å²) >= 11 is 0. The van der Waals surface area contributed by atoms with Crippen molar-refractivity contribution in [3.63, 3.8) is 0 Å². The summed E-state index contributed by atoms with van der Waals surface area (Å²) in [7, 11) is 1.73. The fourth-order valence-electron chi connectivity index (χ4n) is 1.41. The summed E-state index contributed by atoms with van der Waals surface area (Å²) in [5, 5.41) is 9.27. The van der Waals surface area contributed by atoms with Gasteiger partial charge in [-0.3, -0.25) is 9.69 Å². The average molecular weight is 210 g/mol. The molecule has 1 amide bonds. The Bertz CT molecular complexity index is 280. The number of aliphatic hydroxyl groups is 1. The van der Waals surface area contributed by atoms with Crippen molar-refractivity contribution in [3.8, 4) is 11.8 Å². The summed E-state index contributed by atoms with van der Waals surface area (Å²) < 4.78 is 0. The van der Waals surface area contributed by atoms with E-state index in [-0.39, 0.29) is 12.0 Å². The van der Waals surface area contributed by atoms with Gasteiger partial charge in [0.1, 0.15) is 0 Å². The fourth-order valence-corrected chi connectivity index (χ4v) is 1.41. The second-order valence-corrected chi connectivity index (χ2v) is 3.91. The molecule has 0 bridgehead atoms. The van der Waals surface area contributed by atoms with Gasteiger partial charge >= 0.3 is 0 Å². The maximum atomic E-state index is 10.9. The zero-order chi connectivity index (χ0) is 11.3. The van der Waals surface area contributed by atoms with Gasteiger partial charge in [0, 0.05) is 27.1 Å². The minimum Gasteiger partial charge on any atom is -0.392 e. The Morgan fingerprint density at radius 3 is 2.87 bits per heavy atom. The Kier molecular flexibility index (Phi) is 4.60. The second-order valence-electron chi connectivity index (χ2n) is 3.91. The topological polar surface area (TPSA) is 43.8 Å². The van der Waals surface area contributed by atoms with Gasteiger partial charge in [-0.1, -0.05) is 11.8 Å². The number of hydrogen-bond acceptors (Lipinski definition) is 3. The summed E-state index contributed by atoms with van der Waals surface area (Å²) in [6.45, 7) is 4.32. The Hall–Kier alpha value is -1.05. The molecule has 0 aromatic carbocycles. The highest BCUT2D eigenvalue weighted by molar-refractivity contribution is 5.73. The first kappa shape index (κ1) is 12.0. The largest absolute Gasteiger partial charge is 0.392 e. The van der Waals surface area contributed by atoms with E-state index in [0.717, 1.165) is 19.5 Å². The van der Waals surface area contributed by atoms with E-state index in [4.69, 9.17) is 0 Å². The number of hydrogen-bond donors (Lipinski definition) is 1. The predicted molar refractivity (Wildman–Crippen MR) is 58.2 cm³/mol. The molecular weight excluding hydrogens is 192 g/mol. The molecule has 0 aromatic heterocycles. The number of rotatable bonds is 2. The van der Waals surface area contributed by atoms with Gasteiger partial charge in [0.2, 0.25) is 5.91 Å². The van der Waals surface area contributed by atoms with Crippen LogP contribution in [0.25, 0.3) is 0 Å². The molecule has 1 atom stereocenters. The second kappa shape index (κ2) is 5.74. The van der Waals surface area contributed by atoms with Crippen molar-refractivity contribution in [1.82, 2.24) is 9.80 Å². The molecule has 1 N–H and O–H groups in total. The van der Waals surface area contributed by atoms with Gasteiger partial charge in [-0.25, -0.2) is 0 Å². The van der Waals surface area contributed by atoms with E-state index in [1.54, 1.807) is 11.9 Å². The number of nitrogens with zero attached hydrogens (tertiary/aromatic N) is 2. The highest BCUT2D eigenvalue weighted by Crippen LogP contribution is 2.06. The minimum atomic E-state index is -0.188. The Balaban J connectivity index is 2.19. The summed E-state index contributed by atoms with van der Waals surface area (Å²) in [6, 6.07) is 0. The van der Waals surface area contributed by atoms with Crippen LogP contribution in [0.4, 0.5) is 0 Å². The molecule has 1 aliphatic rings. The molecule has 1 aliphatic heterocycles. The standard InChI is InChI=1S/C11H18N2O2/c1-10(14)12(2)6-3-4-7-13-8-5-11(15)9-13/h11,15H,5-9H2,1-2H3/t11-/m1/s1. The quantitative estimate of drug-likeness (QED) is 0.627. The van der Waals surface area contributed by atoms with Crippen LogP contribution < -0.4 is 0 Å². The lowest BCUT2D eigenvalue weighted by atomic mass is 10.3. The number of carbonyl (C=O) groups excluding carboxylic acids is 1. The van der Waals surface area contributed by atoms with Crippen LogP contribution in [0.3, 0.4) is 0 Å². The normalized spacial score (nSPS) is 20.9. The smallest absolute Gasteiger partial charge is 0.219 e. The Labute approximate surface area is 90.9 Å². The first-order valence-corrected chi connectivity index (χ1v) is 5.17. The van der Waals surface area contributed by atoms with Crippen LogP contribution in [-0.2, 0) is 4.79 Å². The van der Waals surface area contributed by atoms with Crippen LogP contribution in [0, 0.1) is 11.8 Å². The molecule has 0 aliphatic carbocycles. The third-order valence-corrected chi connectivity index (χ3v) is 2.53. The van der Waals surface area contributed by atoms with E-state index in [1.807, 2.05) is 0 Å². The van der Waals surface area contributed by atoms with E-state index < -0.39 is 0 Å². The minimum absolute atomic E-state index is 0.0286. The van der Waals surface area contributed by atoms with E-state index in [1.165, 1.54) is 6.92 Å². The third-order valence-electron chi connectivity index (χ3n) is 2.53. The molecule has 0 spiro atoms. The predicted octanol–water partition coefficient (Wildman–Crippen LogP) is -0.465.